The van der Waals surface area contributed by atoms with Crippen molar-refractivity contribution in [1.29, 1.82) is 0 Å². The molecule has 3 aromatic rings. The van der Waals surface area contributed by atoms with E-state index in [9.17, 15) is 13.2 Å². The Labute approximate surface area is 194 Å². The number of carbonyl (C=O) groups excluding carboxylic acids is 1. The third kappa shape index (κ3) is 6.04. The second-order valence-electron chi connectivity index (χ2n) is 7.44. The number of methoxy groups -OCH3 is 2. The maximum atomic E-state index is 13.1. The topological polar surface area (TPSA) is 93.7 Å². The first-order valence-electron chi connectivity index (χ1n) is 10.6. The van der Waals surface area contributed by atoms with E-state index in [1.54, 1.807) is 30.3 Å². The van der Waals surface area contributed by atoms with Crippen molar-refractivity contribution in [3.8, 4) is 11.5 Å². The Bertz CT molecular complexity index is 1180. The van der Waals surface area contributed by atoms with E-state index in [1.165, 1.54) is 26.4 Å². The minimum absolute atomic E-state index is 0.0784. The molecule has 1 unspecified atom stereocenters. The summed E-state index contributed by atoms with van der Waals surface area (Å²) in [5.74, 6) is 0.248. The third-order valence-corrected chi connectivity index (χ3v) is 6.56. The van der Waals surface area contributed by atoms with Gasteiger partial charge in [0.1, 0.15) is 16.4 Å². The summed E-state index contributed by atoms with van der Waals surface area (Å²) in [7, 11) is -1.05. The van der Waals surface area contributed by atoms with Crippen molar-refractivity contribution in [3.05, 3.63) is 78.4 Å². The lowest BCUT2D eigenvalue weighted by Gasteiger charge is -2.18. The minimum atomic E-state index is -3.98. The zero-order valence-electron chi connectivity index (χ0n) is 18.9. The van der Waals surface area contributed by atoms with Crippen LogP contribution in [0, 0.1) is 0 Å². The number of benzene rings is 3. The van der Waals surface area contributed by atoms with Crippen LogP contribution in [-0.2, 0) is 14.8 Å². The molecular formula is C25H28N2O5S. The molecule has 7 nitrogen and oxygen atoms in total. The van der Waals surface area contributed by atoms with Gasteiger partial charge in [0, 0.05) is 11.4 Å². The van der Waals surface area contributed by atoms with Gasteiger partial charge in [-0.05, 0) is 54.4 Å². The van der Waals surface area contributed by atoms with Crippen LogP contribution in [0.3, 0.4) is 0 Å². The zero-order valence-corrected chi connectivity index (χ0v) is 19.7. The van der Waals surface area contributed by atoms with E-state index >= 15 is 0 Å². The molecule has 0 saturated carbocycles. The fourth-order valence-electron chi connectivity index (χ4n) is 3.49. The molecule has 0 radical (unpaired) electrons. The summed E-state index contributed by atoms with van der Waals surface area (Å²) in [6.07, 6.45) is 1.51. The van der Waals surface area contributed by atoms with Crippen molar-refractivity contribution >= 4 is 27.3 Å². The van der Waals surface area contributed by atoms with E-state index in [2.05, 4.69) is 10.0 Å². The molecule has 0 saturated heterocycles. The molecule has 3 aromatic carbocycles. The fourth-order valence-corrected chi connectivity index (χ4v) is 4.74. The highest BCUT2D eigenvalue weighted by Gasteiger charge is 2.23. The van der Waals surface area contributed by atoms with E-state index in [1.807, 2.05) is 37.3 Å². The summed E-state index contributed by atoms with van der Waals surface area (Å²) in [4.78, 5) is 13.0. The first-order valence-corrected chi connectivity index (χ1v) is 12.1. The highest BCUT2D eigenvalue weighted by Crippen LogP contribution is 2.30. The largest absolute Gasteiger partial charge is 0.497 e. The number of hydrogen-bond acceptors (Lipinski definition) is 5. The number of amides is 1. The molecule has 1 amide bonds. The van der Waals surface area contributed by atoms with Gasteiger partial charge in [0.05, 0.1) is 20.1 Å². The molecule has 0 fully saturated rings. The quantitative estimate of drug-likeness (QED) is 0.435. The van der Waals surface area contributed by atoms with E-state index in [4.69, 9.17) is 9.47 Å². The average Bonchev–Trinajstić information content (AvgIpc) is 2.83. The molecule has 1 atom stereocenters. The summed E-state index contributed by atoms with van der Waals surface area (Å²) < 4.78 is 39.1. The van der Waals surface area contributed by atoms with E-state index in [-0.39, 0.29) is 22.5 Å². The van der Waals surface area contributed by atoms with Gasteiger partial charge in [0.25, 0.3) is 10.0 Å². The maximum absolute atomic E-state index is 13.1. The van der Waals surface area contributed by atoms with Gasteiger partial charge in [-0.3, -0.25) is 9.52 Å². The smallest absolute Gasteiger partial charge is 0.265 e. The number of carbonyl (C=O) groups is 1. The molecule has 33 heavy (non-hydrogen) atoms. The summed E-state index contributed by atoms with van der Waals surface area (Å²) in [5, 5.41) is 2.86. The number of sulfonamides is 1. The molecular weight excluding hydrogens is 440 g/mol. The van der Waals surface area contributed by atoms with Crippen LogP contribution < -0.4 is 19.5 Å². The van der Waals surface area contributed by atoms with Gasteiger partial charge < -0.3 is 14.8 Å². The second kappa shape index (κ2) is 10.9. The summed E-state index contributed by atoms with van der Waals surface area (Å²) in [5.41, 5.74) is 1.66. The summed E-state index contributed by atoms with van der Waals surface area (Å²) in [6.45, 7) is 2.02. The van der Waals surface area contributed by atoms with Crippen LogP contribution in [0.15, 0.2) is 77.7 Å². The first kappa shape index (κ1) is 24.1. The molecule has 0 aliphatic rings. The van der Waals surface area contributed by atoms with E-state index < -0.39 is 10.0 Å². The Morgan fingerprint density at radius 1 is 0.909 bits per heavy atom. The molecule has 0 heterocycles. The minimum Gasteiger partial charge on any atom is -0.497 e. The van der Waals surface area contributed by atoms with Crippen LogP contribution in [0.5, 0.6) is 11.5 Å². The van der Waals surface area contributed by atoms with Gasteiger partial charge in [-0.15, -0.1) is 0 Å². The standard InChI is InChI=1S/C25H28N2O5S/c1-4-8-22(18-9-6-5-7-10-18)25(28)26-20-13-16-23(32-3)24(17-20)33(29,30)27-19-11-14-21(31-2)15-12-19/h5-7,9-17,22,27H,4,8H2,1-3H3,(H,26,28). The molecule has 2 N–H and O–H groups in total. The predicted molar refractivity (Wildman–Crippen MR) is 130 cm³/mol. The first-order chi connectivity index (χ1) is 15.9. The van der Waals surface area contributed by atoms with E-state index in [0.717, 1.165) is 12.0 Å². The Balaban J connectivity index is 1.87. The number of nitrogens with one attached hydrogen (secondary N) is 2. The van der Waals surface area contributed by atoms with Crippen molar-refractivity contribution in [2.24, 2.45) is 0 Å². The van der Waals surface area contributed by atoms with Gasteiger partial charge in [-0.1, -0.05) is 43.7 Å². The molecule has 8 heteroatoms. The predicted octanol–water partition coefficient (Wildman–Crippen LogP) is 5.03. The van der Waals surface area contributed by atoms with Gasteiger partial charge >= 0.3 is 0 Å². The zero-order chi connectivity index (χ0) is 23.8. The van der Waals surface area contributed by atoms with Gasteiger partial charge in [-0.25, -0.2) is 8.42 Å². The molecule has 0 aliphatic carbocycles. The molecule has 0 bridgehead atoms. The fraction of sp³-hybridized carbons (Fsp3) is 0.240. The van der Waals surface area contributed by atoms with Crippen molar-refractivity contribution in [3.63, 3.8) is 0 Å². The van der Waals surface area contributed by atoms with E-state index in [0.29, 0.717) is 23.5 Å². The molecule has 174 valence electrons. The molecule has 0 spiro atoms. The average molecular weight is 469 g/mol. The van der Waals surface area contributed by atoms with Crippen molar-refractivity contribution in [2.75, 3.05) is 24.3 Å². The monoisotopic (exact) mass is 468 g/mol. The van der Waals surface area contributed by atoms with Crippen LogP contribution in [-0.4, -0.2) is 28.5 Å². The molecule has 0 aromatic heterocycles. The number of rotatable bonds is 10. The Hall–Kier alpha value is -3.52. The number of hydrogen-bond donors (Lipinski definition) is 2. The lowest BCUT2D eigenvalue weighted by Crippen LogP contribution is -2.21. The highest BCUT2D eigenvalue weighted by atomic mass is 32.2. The Morgan fingerprint density at radius 3 is 2.18 bits per heavy atom. The maximum Gasteiger partial charge on any atom is 0.265 e. The van der Waals surface area contributed by atoms with Crippen molar-refractivity contribution in [1.82, 2.24) is 0 Å². The van der Waals surface area contributed by atoms with Crippen LogP contribution >= 0.6 is 0 Å². The van der Waals surface area contributed by atoms with Crippen LogP contribution in [0.25, 0.3) is 0 Å². The summed E-state index contributed by atoms with van der Waals surface area (Å²) >= 11 is 0. The number of anilines is 2. The van der Waals surface area contributed by atoms with Gasteiger partial charge in [0.15, 0.2) is 0 Å². The van der Waals surface area contributed by atoms with Crippen LogP contribution in [0.1, 0.15) is 31.2 Å². The van der Waals surface area contributed by atoms with Gasteiger partial charge in [0.2, 0.25) is 5.91 Å². The lowest BCUT2D eigenvalue weighted by atomic mass is 9.93. The molecule has 0 aliphatic heterocycles. The number of ether oxygens (including phenoxy) is 2. The summed E-state index contributed by atoms with van der Waals surface area (Å²) in [6, 6.07) is 20.6. The third-order valence-electron chi connectivity index (χ3n) is 5.16. The molecule has 3 rings (SSSR count). The second-order valence-corrected chi connectivity index (χ2v) is 9.09. The van der Waals surface area contributed by atoms with Crippen LogP contribution in [0.2, 0.25) is 0 Å². The normalized spacial score (nSPS) is 12.0. The van der Waals surface area contributed by atoms with Crippen LogP contribution in [0.4, 0.5) is 11.4 Å². The van der Waals surface area contributed by atoms with Gasteiger partial charge in [-0.2, -0.15) is 0 Å². The Kier molecular flexibility index (Phi) is 7.95. The lowest BCUT2D eigenvalue weighted by molar-refractivity contribution is -0.117. The Morgan fingerprint density at radius 2 is 1.58 bits per heavy atom. The van der Waals surface area contributed by atoms with Crippen molar-refractivity contribution in [2.45, 2.75) is 30.6 Å². The van der Waals surface area contributed by atoms with Crippen molar-refractivity contribution < 1.29 is 22.7 Å². The highest BCUT2D eigenvalue weighted by molar-refractivity contribution is 7.92. The SMILES string of the molecule is CCCC(C(=O)Nc1ccc(OC)c(S(=O)(=O)Nc2ccc(OC)cc2)c1)c1ccccc1.